The highest BCUT2D eigenvalue weighted by Gasteiger charge is 2.25. The lowest BCUT2D eigenvalue weighted by Gasteiger charge is -2.16. The van der Waals surface area contributed by atoms with Crippen molar-refractivity contribution < 1.29 is 9.59 Å². The second-order valence-corrected chi connectivity index (χ2v) is 5.94. The molecule has 1 atom stereocenters. The van der Waals surface area contributed by atoms with E-state index < -0.39 is 17.2 Å². The summed E-state index contributed by atoms with van der Waals surface area (Å²) in [6.45, 7) is 3.73. The predicted octanol–water partition coefficient (Wildman–Crippen LogP) is 0.432. The van der Waals surface area contributed by atoms with Gasteiger partial charge in [0.05, 0.1) is 5.25 Å². The number of primary amides is 1. The summed E-state index contributed by atoms with van der Waals surface area (Å²) >= 11 is 2.40. The van der Waals surface area contributed by atoms with Crippen LogP contribution in [0.5, 0.6) is 0 Å². The molecule has 9 heteroatoms. The zero-order valence-electron chi connectivity index (χ0n) is 9.34. The fourth-order valence-electron chi connectivity index (χ4n) is 1.06. The zero-order valence-corrected chi connectivity index (χ0v) is 11.0. The summed E-state index contributed by atoms with van der Waals surface area (Å²) in [5, 5.41) is 9.39. The maximum Gasteiger partial charge on any atom is 0.318 e. The molecule has 0 spiro atoms. The van der Waals surface area contributed by atoms with Crippen LogP contribution in [0.3, 0.4) is 0 Å². The number of amides is 3. The van der Waals surface area contributed by atoms with Crippen molar-refractivity contribution in [3.63, 3.8) is 0 Å². The van der Waals surface area contributed by atoms with Gasteiger partial charge in [0.1, 0.15) is 0 Å². The first-order valence-corrected chi connectivity index (χ1v) is 6.45. The van der Waals surface area contributed by atoms with Gasteiger partial charge in [-0.2, -0.15) is 0 Å². The molecule has 0 aromatic carbocycles. The number of nitrogens with zero attached hydrogens (tertiary/aromatic N) is 2. The molecule has 0 fully saturated rings. The molecule has 1 aromatic rings. The summed E-state index contributed by atoms with van der Waals surface area (Å²) in [5.41, 5.74) is 10.3. The van der Waals surface area contributed by atoms with Crippen LogP contribution < -0.4 is 16.8 Å². The molecular weight excluding hydrogens is 262 g/mol. The van der Waals surface area contributed by atoms with Gasteiger partial charge in [0, 0.05) is 0 Å². The second-order valence-electron chi connectivity index (χ2n) is 3.54. The van der Waals surface area contributed by atoms with Crippen molar-refractivity contribution in [2.75, 3.05) is 5.73 Å². The topological polar surface area (TPSA) is 124 Å². The summed E-state index contributed by atoms with van der Waals surface area (Å²) < 4.78 is 0.584. The van der Waals surface area contributed by atoms with Crippen LogP contribution in [-0.2, 0) is 4.79 Å². The van der Waals surface area contributed by atoms with Crippen LogP contribution in [0.2, 0.25) is 0 Å². The third-order valence-electron chi connectivity index (χ3n) is 1.76. The fraction of sp³-hybridized carbons (Fsp3) is 0.500. The minimum absolute atomic E-state index is 0.0180. The molecule has 17 heavy (non-hydrogen) atoms. The van der Waals surface area contributed by atoms with E-state index in [1.807, 2.05) is 13.8 Å². The number of carbonyl (C=O) groups excluding carboxylic acids is 2. The molecule has 1 aromatic heterocycles. The zero-order chi connectivity index (χ0) is 13.0. The number of anilines is 1. The maximum atomic E-state index is 11.7. The van der Waals surface area contributed by atoms with Gasteiger partial charge in [-0.25, -0.2) is 4.79 Å². The van der Waals surface area contributed by atoms with Gasteiger partial charge in [0.2, 0.25) is 11.0 Å². The Bertz CT molecular complexity index is 420. The Balaban J connectivity index is 2.73. The SMILES string of the molecule is CC(C)[C@@H](Sc1nnc(N)s1)C(=O)NC(N)=O. The summed E-state index contributed by atoms with van der Waals surface area (Å²) in [5.74, 6) is -0.421. The Kier molecular flexibility index (Phi) is 4.70. The Morgan fingerprint density at radius 2 is 2.06 bits per heavy atom. The van der Waals surface area contributed by atoms with Gasteiger partial charge in [0.15, 0.2) is 4.34 Å². The van der Waals surface area contributed by atoms with Crippen molar-refractivity contribution in [1.82, 2.24) is 15.5 Å². The number of carbonyl (C=O) groups is 2. The normalized spacial score (nSPS) is 12.4. The standard InChI is InChI=1S/C8H13N5O2S2/c1-3(2)4(5(14)11-6(9)15)16-8-13-12-7(10)17-8/h3-4H,1-2H3,(H2,10,12)(H3,9,11,14,15)/t4-/m1/s1. The first-order chi connectivity index (χ1) is 7.90. The minimum Gasteiger partial charge on any atom is -0.374 e. The molecular formula is C8H13N5O2S2. The monoisotopic (exact) mass is 275 g/mol. The molecule has 0 saturated carbocycles. The van der Waals surface area contributed by atoms with Gasteiger partial charge in [-0.05, 0) is 5.92 Å². The number of nitrogens with one attached hydrogen (secondary N) is 1. The lowest BCUT2D eigenvalue weighted by atomic mass is 10.1. The maximum absolute atomic E-state index is 11.7. The van der Waals surface area contributed by atoms with Crippen molar-refractivity contribution in [3.8, 4) is 0 Å². The highest BCUT2D eigenvalue weighted by atomic mass is 32.2. The molecule has 0 unspecified atom stereocenters. The lowest BCUT2D eigenvalue weighted by Crippen LogP contribution is -2.42. The molecule has 1 rings (SSSR count). The number of urea groups is 1. The highest BCUT2D eigenvalue weighted by Crippen LogP contribution is 2.31. The second kappa shape index (κ2) is 5.82. The summed E-state index contributed by atoms with van der Waals surface area (Å²) in [6.07, 6.45) is 0. The summed E-state index contributed by atoms with van der Waals surface area (Å²) in [6, 6.07) is -0.863. The number of hydrogen-bond acceptors (Lipinski definition) is 7. The van der Waals surface area contributed by atoms with Gasteiger partial charge in [-0.15, -0.1) is 10.2 Å². The first-order valence-electron chi connectivity index (χ1n) is 4.76. The molecule has 1 heterocycles. The van der Waals surface area contributed by atoms with Gasteiger partial charge in [-0.3, -0.25) is 10.1 Å². The van der Waals surface area contributed by atoms with Gasteiger partial charge in [0.25, 0.3) is 0 Å². The molecule has 3 amide bonds. The average molecular weight is 275 g/mol. The van der Waals surface area contributed by atoms with E-state index in [0.717, 1.165) is 0 Å². The summed E-state index contributed by atoms with van der Waals surface area (Å²) in [7, 11) is 0. The molecule has 5 N–H and O–H groups in total. The third-order valence-corrected chi connectivity index (χ3v) is 4.14. The summed E-state index contributed by atoms with van der Waals surface area (Å²) in [4.78, 5) is 22.3. The molecule has 0 radical (unpaired) electrons. The van der Waals surface area contributed by atoms with E-state index >= 15 is 0 Å². The van der Waals surface area contributed by atoms with Gasteiger partial charge >= 0.3 is 6.03 Å². The molecule has 0 aliphatic carbocycles. The van der Waals surface area contributed by atoms with E-state index in [2.05, 4.69) is 15.5 Å². The van der Waals surface area contributed by atoms with Crippen LogP contribution in [0, 0.1) is 5.92 Å². The number of aromatic nitrogens is 2. The van der Waals surface area contributed by atoms with Crippen LogP contribution in [0.1, 0.15) is 13.8 Å². The molecule has 0 saturated heterocycles. The van der Waals surface area contributed by atoms with Crippen LogP contribution in [0.15, 0.2) is 4.34 Å². The Labute approximate surface area is 106 Å². The van der Waals surface area contributed by atoms with Crippen molar-refractivity contribution in [1.29, 1.82) is 0 Å². The molecule has 0 aliphatic heterocycles. The number of imide groups is 1. The molecule has 0 aliphatic rings. The number of nitrogen functional groups attached to an aromatic ring is 1. The Hall–Kier alpha value is -1.35. The number of rotatable bonds is 4. The van der Waals surface area contributed by atoms with Crippen molar-refractivity contribution in [3.05, 3.63) is 0 Å². The highest BCUT2D eigenvalue weighted by molar-refractivity contribution is 8.02. The number of thioether (sulfide) groups is 1. The van der Waals surface area contributed by atoms with Gasteiger partial charge < -0.3 is 11.5 Å². The van der Waals surface area contributed by atoms with Crippen molar-refractivity contribution >= 4 is 40.2 Å². The Morgan fingerprint density at radius 3 is 2.47 bits per heavy atom. The van der Waals surface area contributed by atoms with Crippen LogP contribution in [0.25, 0.3) is 0 Å². The quantitative estimate of drug-likeness (QED) is 0.684. The van der Waals surface area contributed by atoms with Crippen LogP contribution in [0.4, 0.5) is 9.93 Å². The first kappa shape index (κ1) is 13.7. The molecule has 7 nitrogen and oxygen atoms in total. The smallest absolute Gasteiger partial charge is 0.318 e. The van der Waals surface area contributed by atoms with E-state index in [4.69, 9.17) is 11.5 Å². The van der Waals surface area contributed by atoms with E-state index in [1.54, 1.807) is 0 Å². The molecule has 94 valence electrons. The fourth-order valence-corrected chi connectivity index (χ4v) is 2.91. The minimum atomic E-state index is -0.863. The van der Waals surface area contributed by atoms with Gasteiger partial charge in [-0.1, -0.05) is 36.9 Å². The molecule has 0 bridgehead atoms. The largest absolute Gasteiger partial charge is 0.374 e. The van der Waals surface area contributed by atoms with Crippen molar-refractivity contribution in [2.45, 2.75) is 23.4 Å². The van der Waals surface area contributed by atoms with Crippen LogP contribution in [-0.4, -0.2) is 27.4 Å². The third kappa shape index (κ3) is 4.19. The Morgan fingerprint density at radius 1 is 1.41 bits per heavy atom. The predicted molar refractivity (Wildman–Crippen MR) is 66.5 cm³/mol. The van der Waals surface area contributed by atoms with E-state index in [0.29, 0.717) is 9.47 Å². The van der Waals surface area contributed by atoms with E-state index in [-0.39, 0.29) is 5.92 Å². The lowest BCUT2D eigenvalue weighted by molar-refractivity contribution is -0.120. The van der Waals surface area contributed by atoms with Crippen LogP contribution >= 0.6 is 23.1 Å². The van der Waals surface area contributed by atoms with E-state index in [9.17, 15) is 9.59 Å². The number of nitrogens with two attached hydrogens (primary N) is 2. The average Bonchev–Trinajstić information content (AvgIpc) is 2.58. The van der Waals surface area contributed by atoms with E-state index in [1.165, 1.54) is 23.1 Å². The number of hydrogen-bond donors (Lipinski definition) is 3. The van der Waals surface area contributed by atoms with Crippen molar-refractivity contribution in [2.24, 2.45) is 11.7 Å².